The van der Waals surface area contributed by atoms with Crippen molar-refractivity contribution in [3.63, 3.8) is 0 Å². The van der Waals surface area contributed by atoms with E-state index in [0.29, 0.717) is 5.56 Å². The Labute approximate surface area is 93.3 Å². The second-order valence-corrected chi connectivity index (χ2v) is 3.58. The third-order valence-electron chi connectivity index (χ3n) is 2.41. The van der Waals surface area contributed by atoms with Crippen molar-refractivity contribution in [1.82, 2.24) is 5.32 Å². The van der Waals surface area contributed by atoms with Crippen LogP contribution in [-0.4, -0.2) is 24.2 Å². The molecule has 4 nitrogen and oxygen atoms in total. The number of carbonyl (C=O) groups is 1. The Bertz CT molecular complexity index is 371. The van der Waals surface area contributed by atoms with Gasteiger partial charge in [-0.1, -0.05) is 12.1 Å². The first kappa shape index (κ1) is 12.6. The molecule has 16 heavy (non-hydrogen) atoms. The highest BCUT2D eigenvalue weighted by atomic mass is 19.1. The van der Waals surface area contributed by atoms with Gasteiger partial charge in [0.25, 0.3) is 0 Å². The van der Waals surface area contributed by atoms with Crippen LogP contribution in [-0.2, 0) is 4.79 Å². The van der Waals surface area contributed by atoms with Crippen molar-refractivity contribution in [2.75, 3.05) is 7.05 Å². The molecule has 4 N–H and O–H groups in total. The molecule has 1 aromatic carbocycles. The summed E-state index contributed by atoms with van der Waals surface area (Å²) in [6.07, 6.45) is 0.218. The average Bonchev–Trinajstić information content (AvgIpc) is 2.25. The van der Waals surface area contributed by atoms with E-state index < -0.39 is 12.0 Å². The predicted octanol–water partition coefficient (Wildman–Crippen LogP) is 0.888. The van der Waals surface area contributed by atoms with E-state index in [1.165, 1.54) is 12.1 Å². The van der Waals surface area contributed by atoms with E-state index >= 15 is 0 Å². The van der Waals surface area contributed by atoms with Gasteiger partial charge in [0.15, 0.2) is 0 Å². The topological polar surface area (TPSA) is 75.3 Å². The van der Waals surface area contributed by atoms with Crippen molar-refractivity contribution in [3.8, 4) is 0 Å². The molecule has 0 radical (unpaired) electrons. The summed E-state index contributed by atoms with van der Waals surface area (Å²) >= 11 is 0. The zero-order valence-electron chi connectivity index (χ0n) is 8.98. The molecule has 0 saturated heterocycles. The summed E-state index contributed by atoms with van der Waals surface area (Å²) in [6, 6.07) is 4.81. The van der Waals surface area contributed by atoms with Crippen LogP contribution in [0, 0.1) is 5.82 Å². The lowest BCUT2D eigenvalue weighted by Gasteiger charge is -2.18. The maximum atomic E-state index is 13.0. The first-order valence-electron chi connectivity index (χ1n) is 4.95. The van der Waals surface area contributed by atoms with E-state index in [2.05, 4.69) is 5.32 Å². The normalized spacial score (nSPS) is 14.4. The largest absolute Gasteiger partial charge is 0.480 e. The van der Waals surface area contributed by atoms with Gasteiger partial charge in [0.2, 0.25) is 0 Å². The summed E-state index contributed by atoms with van der Waals surface area (Å²) in [5, 5.41) is 11.6. The fourth-order valence-corrected chi connectivity index (χ4v) is 1.50. The number of halogens is 1. The zero-order valence-corrected chi connectivity index (χ0v) is 8.98. The van der Waals surface area contributed by atoms with Crippen molar-refractivity contribution >= 4 is 5.97 Å². The van der Waals surface area contributed by atoms with Crippen LogP contribution < -0.4 is 11.1 Å². The van der Waals surface area contributed by atoms with Crippen molar-refractivity contribution in [3.05, 3.63) is 35.6 Å². The second-order valence-electron chi connectivity index (χ2n) is 3.58. The second kappa shape index (κ2) is 5.58. The predicted molar refractivity (Wildman–Crippen MR) is 58.4 cm³/mol. The molecular formula is C11H15FN2O2. The maximum absolute atomic E-state index is 13.0. The number of hydrogen-bond donors (Lipinski definition) is 3. The first-order chi connectivity index (χ1) is 7.54. The minimum absolute atomic E-state index is 0.218. The van der Waals surface area contributed by atoms with Crippen molar-refractivity contribution in [2.24, 2.45) is 5.73 Å². The van der Waals surface area contributed by atoms with Gasteiger partial charge < -0.3 is 16.2 Å². The molecule has 0 spiro atoms. The van der Waals surface area contributed by atoms with Gasteiger partial charge in [-0.15, -0.1) is 0 Å². The van der Waals surface area contributed by atoms with Crippen LogP contribution >= 0.6 is 0 Å². The number of rotatable bonds is 5. The quantitative estimate of drug-likeness (QED) is 0.697. The number of benzene rings is 1. The van der Waals surface area contributed by atoms with E-state index in [0.717, 1.165) is 0 Å². The molecule has 2 unspecified atom stereocenters. The lowest BCUT2D eigenvalue weighted by molar-refractivity contribution is -0.138. The summed E-state index contributed by atoms with van der Waals surface area (Å²) in [5.41, 5.74) is 6.13. The molecule has 5 heteroatoms. The summed E-state index contributed by atoms with van der Waals surface area (Å²) < 4.78 is 13.0. The standard InChI is InChI=1S/C11H15FN2O2/c1-14-10(6-9(13)11(15)16)7-3-2-4-8(12)5-7/h2-5,9-10,14H,6,13H2,1H3,(H,15,16). The zero-order chi connectivity index (χ0) is 12.1. The molecule has 88 valence electrons. The summed E-state index contributed by atoms with van der Waals surface area (Å²) in [7, 11) is 1.68. The van der Waals surface area contributed by atoms with Crippen molar-refractivity contribution in [1.29, 1.82) is 0 Å². The molecule has 2 atom stereocenters. The van der Waals surface area contributed by atoms with Gasteiger partial charge in [0.05, 0.1) is 0 Å². The van der Waals surface area contributed by atoms with Gasteiger partial charge in [-0.2, -0.15) is 0 Å². The van der Waals surface area contributed by atoms with E-state index in [1.807, 2.05) is 0 Å². The van der Waals surface area contributed by atoms with Crippen molar-refractivity contribution < 1.29 is 14.3 Å². The Kier molecular flexibility index (Phi) is 4.39. The fraction of sp³-hybridized carbons (Fsp3) is 0.364. The van der Waals surface area contributed by atoms with Crippen molar-refractivity contribution in [2.45, 2.75) is 18.5 Å². The number of carboxylic acid groups (broad SMARTS) is 1. The number of nitrogens with two attached hydrogens (primary N) is 1. The Hall–Kier alpha value is -1.46. The SMILES string of the molecule is CNC(CC(N)C(=O)O)c1cccc(F)c1. The third-order valence-corrected chi connectivity index (χ3v) is 2.41. The number of aliphatic carboxylic acids is 1. The lowest BCUT2D eigenvalue weighted by Crippen LogP contribution is -2.34. The monoisotopic (exact) mass is 226 g/mol. The molecule has 0 heterocycles. The summed E-state index contributed by atoms with van der Waals surface area (Å²) in [5.74, 6) is -1.40. The Balaban J connectivity index is 2.78. The third kappa shape index (κ3) is 3.29. The summed E-state index contributed by atoms with van der Waals surface area (Å²) in [6.45, 7) is 0. The van der Waals surface area contributed by atoms with Gasteiger partial charge in [-0.05, 0) is 31.2 Å². The van der Waals surface area contributed by atoms with Gasteiger partial charge in [-0.25, -0.2) is 4.39 Å². The molecule has 1 rings (SSSR count). The lowest BCUT2D eigenvalue weighted by atomic mass is 10.00. The fourth-order valence-electron chi connectivity index (χ4n) is 1.50. The highest BCUT2D eigenvalue weighted by molar-refractivity contribution is 5.73. The number of carboxylic acids is 1. The van der Waals surface area contributed by atoms with Gasteiger partial charge >= 0.3 is 5.97 Å². The van der Waals surface area contributed by atoms with Crippen LogP contribution in [0.5, 0.6) is 0 Å². The van der Waals surface area contributed by atoms with Crippen LogP contribution in [0.25, 0.3) is 0 Å². The van der Waals surface area contributed by atoms with Crippen LogP contribution in [0.1, 0.15) is 18.0 Å². The maximum Gasteiger partial charge on any atom is 0.320 e. The smallest absolute Gasteiger partial charge is 0.320 e. The van der Waals surface area contributed by atoms with Crippen LogP contribution in [0.3, 0.4) is 0 Å². The number of hydrogen-bond acceptors (Lipinski definition) is 3. The van der Waals surface area contributed by atoms with Crippen LogP contribution in [0.2, 0.25) is 0 Å². The minimum Gasteiger partial charge on any atom is -0.480 e. The van der Waals surface area contributed by atoms with E-state index in [1.54, 1.807) is 19.2 Å². The molecule has 0 aliphatic rings. The Morgan fingerprint density at radius 2 is 2.31 bits per heavy atom. The van der Waals surface area contributed by atoms with E-state index in [9.17, 15) is 9.18 Å². The summed E-state index contributed by atoms with van der Waals surface area (Å²) in [4.78, 5) is 10.6. The van der Waals surface area contributed by atoms with Gasteiger partial charge in [0.1, 0.15) is 11.9 Å². The molecular weight excluding hydrogens is 211 g/mol. The molecule has 0 amide bonds. The van der Waals surface area contributed by atoms with Gasteiger partial charge in [-0.3, -0.25) is 4.79 Å². The average molecular weight is 226 g/mol. The minimum atomic E-state index is -1.06. The number of nitrogens with one attached hydrogen (secondary N) is 1. The molecule has 0 bridgehead atoms. The molecule has 1 aromatic rings. The first-order valence-corrected chi connectivity index (χ1v) is 4.95. The van der Waals surface area contributed by atoms with E-state index in [-0.39, 0.29) is 18.3 Å². The Morgan fingerprint density at radius 3 is 2.81 bits per heavy atom. The molecule has 0 saturated carbocycles. The van der Waals surface area contributed by atoms with Gasteiger partial charge in [0, 0.05) is 6.04 Å². The van der Waals surface area contributed by atoms with Crippen LogP contribution in [0.15, 0.2) is 24.3 Å². The molecule has 0 aromatic heterocycles. The Morgan fingerprint density at radius 1 is 1.62 bits per heavy atom. The highest BCUT2D eigenvalue weighted by Crippen LogP contribution is 2.18. The van der Waals surface area contributed by atoms with Crippen LogP contribution in [0.4, 0.5) is 4.39 Å². The molecule has 0 aliphatic carbocycles. The molecule has 0 aliphatic heterocycles. The highest BCUT2D eigenvalue weighted by Gasteiger charge is 2.19. The van der Waals surface area contributed by atoms with E-state index in [4.69, 9.17) is 10.8 Å². The molecule has 0 fully saturated rings.